The molecule has 0 fully saturated rings. The Kier molecular flexibility index (Phi) is 4.10. The maximum atomic E-state index is 12.5. The molecule has 5 nitrogen and oxygen atoms in total. The molecule has 2 aromatic carbocycles. The van der Waals surface area contributed by atoms with Crippen molar-refractivity contribution in [2.75, 3.05) is 12.4 Å². The van der Waals surface area contributed by atoms with E-state index in [0.29, 0.717) is 17.0 Å². The summed E-state index contributed by atoms with van der Waals surface area (Å²) in [5.74, 6) is 0.406. The normalized spacial score (nSPS) is 10.3. The van der Waals surface area contributed by atoms with E-state index in [1.807, 2.05) is 49.4 Å². The summed E-state index contributed by atoms with van der Waals surface area (Å²) in [6.07, 6.45) is 1.58. The van der Waals surface area contributed by atoms with Gasteiger partial charge in [0.15, 0.2) is 0 Å². The van der Waals surface area contributed by atoms with E-state index in [0.717, 1.165) is 11.4 Å². The first-order valence-electron chi connectivity index (χ1n) is 7.25. The first-order chi connectivity index (χ1) is 11.2. The predicted molar refractivity (Wildman–Crippen MR) is 89.2 cm³/mol. The van der Waals surface area contributed by atoms with Crippen molar-refractivity contribution in [2.24, 2.45) is 0 Å². The van der Waals surface area contributed by atoms with E-state index in [4.69, 9.17) is 4.74 Å². The van der Waals surface area contributed by atoms with Crippen LogP contribution in [0.5, 0.6) is 5.75 Å². The smallest absolute Gasteiger partial charge is 0.259 e. The third-order valence-electron chi connectivity index (χ3n) is 3.61. The van der Waals surface area contributed by atoms with Crippen molar-refractivity contribution in [3.63, 3.8) is 0 Å². The highest BCUT2D eigenvalue weighted by atomic mass is 16.5. The first-order valence-corrected chi connectivity index (χ1v) is 7.25. The number of carbonyl (C=O) groups is 1. The van der Waals surface area contributed by atoms with E-state index in [2.05, 4.69) is 10.4 Å². The van der Waals surface area contributed by atoms with E-state index < -0.39 is 0 Å². The van der Waals surface area contributed by atoms with Gasteiger partial charge in [0.05, 0.1) is 35.9 Å². The number of methoxy groups -OCH3 is 1. The molecule has 1 amide bonds. The lowest BCUT2D eigenvalue weighted by Gasteiger charge is -2.10. The van der Waals surface area contributed by atoms with Gasteiger partial charge in [-0.15, -0.1) is 0 Å². The Labute approximate surface area is 134 Å². The van der Waals surface area contributed by atoms with E-state index in [1.165, 1.54) is 0 Å². The minimum Gasteiger partial charge on any atom is -0.495 e. The third-order valence-corrected chi connectivity index (χ3v) is 3.61. The number of rotatable bonds is 4. The molecule has 5 heteroatoms. The standard InChI is InChI=1S/C18H17N3O2/c1-13-15(12-19-21(13)14-8-4-3-5-9-14)18(22)20-16-10-6-7-11-17(16)23-2/h3-12H,1-2H3,(H,20,22). The lowest BCUT2D eigenvalue weighted by molar-refractivity contribution is 0.102. The van der Waals surface area contributed by atoms with Crippen LogP contribution in [0.4, 0.5) is 5.69 Å². The minimum atomic E-state index is -0.214. The van der Waals surface area contributed by atoms with Gasteiger partial charge in [0.2, 0.25) is 0 Å². The van der Waals surface area contributed by atoms with Crippen LogP contribution in [0.2, 0.25) is 0 Å². The van der Waals surface area contributed by atoms with Gasteiger partial charge < -0.3 is 10.1 Å². The molecule has 0 saturated heterocycles. The van der Waals surface area contributed by atoms with E-state index >= 15 is 0 Å². The van der Waals surface area contributed by atoms with Gasteiger partial charge in [0.25, 0.3) is 5.91 Å². The third kappa shape index (κ3) is 2.94. The Morgan fingerprint density at radius 2 is 1.78 bits per heavy atom. The molecule has 0 aliphatic heterocycles. The number of carbonyl (C=O) groups excluding carboxylic acids is 1. The molecule has 0 bridgehead atoms. The second-order valence-corrected chi connectivity index (χ2v) is 5.05. The minimum absolute atomic E-state index is 0.214. The molecule has 0 spiro atoms. The van der Waals surface area contributed by atoms with E-state index in [-0.39, 0.29) is 5.91 Å². The predicted octanol–water partition coefficient (Wildman–Crippen LogP) is 3.44. The molecule has 3 aromatic rings. The Morgan fingerprint density at radius 3 is 2.52 bits per heavy atom. The first kappa shape index (κ1) is 14.8. The largest absolute Gasteiger partial charge is 0.495 e. The number of nitrogens with zero attached hydrogens (tertiary/aromatic N) is 2. The lowest BCUT2D eigenvalue weighted by Crippen LogP contribution is -2.13. The molecule has 3 rings (SSSR count). The number of anilines is 1. The summed E-state index contributed by atoms with van der Waals surface area (Å²) in [6, 6.07) is 17.0. The van der Waals surface area contributed by atoms with Gasteiger partial charge in [0, 0.05) is 0 Å². The fraction of sp³-hybridized carbons (Fsp3) is 0.111. The van der Waals surface area contributed by atoms with Gasteiger partial charge in [-0.05, 0) is 31.2 Å². The topological polar surface area (TPSA) is 56.1 Å². The molecule has 0 aliphatic carbocycles. The van der Waals surface area contributed by atoms with Crippen molar-refractivity contribution in [1.29, 1.82) is 0 Å². The summed E-state index contributed by atoms with van der Waals surface area (Å²) in [5, 5.41) is 7.18. The fourth-order valence-electron chi connectivity index (χ4n) is 2.40. The second kappa shape index (κ2) is 6.36. The Morgan fingerprint density at radius 1 is 1.09 bits per heavy atom. The average molecular weight is 307 g/mol. The Bertz CT molecular complexity index is 825. The Balaban J connectivity index is 1.88. The molecule has 1 heterocycles. The number of hydrogen-bond donors (Lipinski definition) is 1. The number of ether oxygens (including phenoxy) is 1. The summed E-state index contributed by atoms with van der Waals surface area (Å²) >= 11 is 0. The van der Waals surface area contributed by atoms with Crippen molar-refractivity contribution >= 4 is 11.6 Å². The molecular weight excluding hydrogens is 290 g/mol. The van der Waals surface area contributed by atoms with Crippen LogP contribution in [0, 0.1) is 6.92 Å². The zero-order chi connectivity index (χ0) is 16.2. The zero-order valence-corrected chi connectivity index (χ0v) is 13.0. The summed E-state index contributed by atoms with van der Waals surface area (Å²) < 4.78 is 7.00. The molecule has 0 aliphatic rings. The number of benzene rings is 2. The lowest BCUT2D eigenvalue weighted by atomic mass is 10.2. The number of nitrogens with one attached hydrogen (secondary N) is 1. The van der Waals surface area contributed by atoms with Crippen LogP contribution in [0.25, 0.3) is 5.69 Å². The summed E-state index contributed by atoms with van der Waals surface area (Å²) in [5.41, 5.74) is 2.86. The average Bonchev–Trinajstić information content (AvgIpc) is 2.98. The van der Waals surface area contributed by atoms with E-state index in [1.54, 1.807) is 30.1 Å². The summed E-state index contributed by atoms with van der Waals surface area (Å²) in [4.78, 5) is 12.5. The molecule has 116 valence electrons. The van der Waals surface area contributed by atoms with Crippen LogP contribution < -0.4 is 10.1 Å². The van der Waals surface area contributed by atoms with Gasteiger partial charge in [0.1, 0.15) is 5.75 Å². The number of hydrogen-bond acceptors (Lipinski definition) is 3. The van der Waals surface area contributed by atoms with Crippen LogP contribution in [0.15, 0.2) is 60.8 Å². The van der Waals surface area contributed by atoms with E-state index in [9.17, 15) is 4.79 Å². The highest BCUT2D eigenvalue weighted by molar-refractivity contribution is 6.05. The van der Waals surface area contributed by atoms with Crippen molar-refractivity contribution in [3.05, 3.63) is 72.1 Å². The fourth-order valence-corrected chi connectivity index (χ4v) is 2.40. The maximum Gasteiger partial charge on any atom is 0.259 e. The summed E-state index contributed by atoms with van der Waals surface area (Å²) in [6.45, 7) is 1.87. The van der Waals surface area contributed by atoms with Crippen LogP contribution in [0.3, 0.4) is 0 Å². The van der Waals surface area contributed by atoms with Crippen molar-refractivity contribution in [3.8, 4) is 11.4 Å². The highest BCUT2D eigenvalue weighted by Crippen LogP contribution is 2.24. The van der Waals surface area contributed by atoms with Gasteiger partial charge in [-0.1, -0.05) is 30.3 Å². The molecule has 1 aromatic heterocycles. The number of aromatic nitrogens is 2. The van der Waals surface area contributed by atoms with Gasteiger partial charge in [-0.3, -0.25) is 4.79 Å². The van der Waals surface area contributed by atoms with Crippen molar-refractivity contribution in [2.45, 2.75) is 6.92 Å². The number of para-hydroxylation sites is 3. The SMILES string of the molecule is COc1ccccc1NC(=O)c1cnn(-c2ccccc2)c1C. The van der Waals surface area contributed by atoms with Crippen LogP contribution in [-0.4, -0.2) is 22.8 Å². The molecule has 0 radical (unpaired) electrons. The van der Waals surface area contributed by atoms with Crippen LogP contribution in [-0.2, 0) is 0 Å². The van der Waals surface area contributed by atoms with Crippen LogP contribution >= 0.6 is 0 Å². The van der Waals surface area contributed by atoms with Crippen molar-refractivity contribution in [1.82, 2.24) is 9.78 Å². The molecule has 1 N–H and O–H groups in total. The second-order valence-electron chi connectivity index (χ2n) is 5.05. The molecule has 0 unspecified atom stereocenters. The van der Waals surface area contributed by atoms with Gasteiger partial charge in [-0.2, -0.15) is 5.10 Å². The summed E-state index contributed by atoms with van der Waals surface area (Å²) in [7, 11) is 1.57. The van der Waals surface area contributed by atoms with Crippen molar-refractivity contribution < 1.29 is 9.53 Å². The molecule has 0 saturated carbocycles. The molecule has 0 atom stereocenters. The van der Waals surface area contributed by atoms with Gasteiger partial charge >= 0.3 is 0 Å². The quantitative estimate of drug-likeness (QED) is 0.803. The zero-order valence-electron chi connectivity index (χ0n) is 13.0. The Hall–Kier alpha value is -3.08. The molecular formula is C18H17N3O2. The monoisotopic (exact) mass is 307 g/mol. The van der Waals surface area contributed by atoms with Gasteiger partial charge in [-0.25, -0.2) is 4.68 Å². The molecule has 23 heavy (non-hydrogen) atoms. The number of amides is 1. The van der Waals surface area contributed by atoms with Crippen LogP contribution in [0.1, 0.15) is 16.1 Å². The highest BCUT2D eigenvalue weighted by Gasteiger charge is 2.16. The maximum absolute atomic E-state index is 12.5.